The maximum absolute atomic E-state index is 12.7. The van der Waals surface area contributed by atoms with Crippen LogP contribution in [-0.4, -0.2) is 31.3 Å². The van der Waals surface area contributed by atoms with Crippen molar-refractivity contribution in [3.63, 3.8) is 0 Å². The fraction of sp³-hybridized carbons (Fsp3) is 0.167. The van der Waals surface area contributed by atoms with Gasteiger partial charge in [-0.3, -0.25) is 10.1 Å². The first-order valence-electron chi connectivity index (χ1n) is 9.76. The highest BCUT2D eigenvalue weighted by molar-refractivity contribution is 7.80. The summed E-state index contributed by atoms with van der Waals surface area (Å²) >= 11 is 5.34. The highest BCUT2D eigenvalue weighted by Gasteiger charge is 2.14. The molecule has 2 N–H and O–H groups in total. The van der Waals surface area contributed by atoms with Crippen LogP contribution in [0.1, 0.15) is 15.9 Å². The van der Waals surface area contributed by atoms with E-state index < -0.39 is 0 Å². The Kier molecular flexibility index (Phi) is 8.39. The van der Waals surface area contributed by atoms with Gasteiger partial charge in [-0.2, -0.15) is 0 Å². The Balaban J connectivity index is 1.62. The van der Waals surface area contributed by atoms with E-state index in [1.807, 2.05) is 54.6 Å². The van der Waals surface area contributed by atoms with Crippen molar-refractivity contribution in [3.05, 3.63) is 90.0 Å². The van der Waals surface area contributed by atoms with E-state index in [0.29, 0.717) is 42.6 Å². The summed E-state index contributed by atoms with van der Waals surface area (Å²) in [7, 11) is 1.59. The molecular weight excluding hydrogens is 412 g/mol. The van der Waals surface area contributed by atoms with Crippen LogP contribution in [0.4, 0.5) is 5.69 Å². The summed E-state index contributed by atoms with van der Waals surface area (Å²) in [4.78, 5) is 12.7. The van der Waals surface area contributed by atoms with Gasteiger partial charge in [0, 0.05) is 7.11 Å². The molecule has 3 aromatic rings. The number of ether oxygens (including phenoxy) is 3. The third-order valence-corrected chi connectivity index (χ3v) is 4.48. The van der Waals surface area contributed by atoms with Crippen molar-refractivity contribution >= 4 is 28.9 Å². The lowest BCUT2D eigenvalue weighted by Gasteiger charge is -2.15. The monoisotopic (exact) mass is 436 g/mol. The Morgan fingerprint density at radius 3 is 2.29 bits per heavy atom. The molecule has 0 unspecified atom stereocenters. The van der Waals surface area contributed by atoms with Crippen molar-refractivity contribution in [2.24, 2.45) is 0 Å². The average Bonchev–Trinajstić information content (AvgIpc) is 2.79. The molecule has 0 aliphatic rings. The minimum atomic E-state index is -0.367. The highest BCUT2D eigenvalue weighted by Crippen LogP contribution is 2.25. The second kappa shape index (κ2) is 11.7. The first-order valence-corrected chi connectivity index (χ1v) is 10.2. The number of hydrogen-bond donors (Lipinski definition) is 2. The molecule has 0 saturated carbocycles. The van der Waals surface area contributed by atoms with Gasteiger partial charge in [-0.25, -0.2) is 0 Å². The van der Waals surface area contributed by atoms with Crippen LogP contribution in [0.15, 0.2) is 78.9 Å². The summed E-state index contributed by atoms with van der Waals surface area (Å²) in [5.74, 6) is 0.728. The van der Waals surface area contributed by atoms with Crippen molar-refractivity contribution in [2.75, 3.05) is 25.6 Å². The summed E-state index contributed by atoms with van der Waals surface area (Å²) < 4.78 is 16.5. The van der Waals surface area contributed by atoms with Gasteiger partial charge in [0.25, 0.3) is 5.91 Å². The molecule has 0 saturated heterocycles. The van der Waals surface area contributed by atoms with Gasteiger partial charge in [-0.15, -0.1) is 0 Å². The Morgan fingerprint density at radius 2 is 1.52 bits per heavy atom. The van der Waals surface area contributed by atoms with Crippen molar-refractivity contribution < 1.29 is 19.0 Å². The predicted molar refractivity (Wildman–Crippen MR) is 125 cm³/mol. The van der Waals surface area contributed by atoms with Crippen LogP contribution in [-0.2, 0) is 11.3 Å². The summed E-state index contributed by atoms with van der Waals surface area (Å²) in [6, 6.07) is 24.3. The molecule has 31 heavy (non-hydrogen) atoms. The minimum absolute atomic E-state index is 0.160. The number of carbonyl (C=O) groups excluding carboxylic acids is 1. The van der Waals surface area contributed by atoms with Crippen LogP contribution in [0, 0.1) is 0 Å². The van der Waals surface area contributed by atoms with Crippen LogP contribution in [0.25, 0.3) is 0 Å². The van der Waals surface area contributed by atoms with Crippen molar-refractivity contribution in [1.29, 1.82) is 0 Å². The number of anilines is 1. The quantitative estimate of drug-likeness (QED) is 0.382. The average molecular weight is 437 g/mol. The summed E-state index contributed by atoms with van der Waals surface area (Å²) in [5.41, 5.74) is 2.10. The molecule has 160 valence electrons. The molecule has 0 radical (unpaired) electrons. The van der Waals surface area contributed by atoms with E-state index in [4.69, 9.17) is 26.4 Å². The molecule has 0 fully saturated rings. The molecule has 0 aliphatic carbocycles. The van der Waals surface area contributed by atoms with Crippen molar-refractivity contribution in [3.8, 4) is 11.5 Å². The third-order valence-electron chi connectivity index (χ3n) is 4.28. The van der Waals surface area contributed by atoms with E-state index >= 15 is 0 Å². The van der Waals surface area contributed by atoms with E-state index in [2.05, 4.69) is 10.6 Å². The molecular formula is C24H24N2O4S. The summed E-state index contributed by atoms with van der Waals surface area (Å²) in [6.45, 7) is 1.19. The second-order valence-electron chi connectivity index (χ2n) is 6.52. The van der Waals surface area contributed by atoms with Gasteiger partial charge in [-0.1, -0.05) is 54.6 Å². The number of carbonyl (C=O) groups is 1. The topological polar surface area (TPSA) is 68.8 Å². The van der Waals surface area contributed by atoms with Gasteiger partial charge in [0.2, 0.25) is 0 Å². The number of thiocarbonyl (C=S) groups is 1. The molecule has 6 nitrogen and oxygen atoms in total. The summed E-state index contributed by atoms with van der Waals surface area (Å²) in [6.07, 6.45) is 0. The first-order chi connectivity index (χ1) is 15.2. The maximum atomic E-state index is 12.7. The van der Waals surface area contributed by atoms with Crippen LogP contribution in [0.3, 0.4) is 0 Å². The SMILES string of the molecule is COCCOc1ccccc1C(=O)NC(=S)Nc1ccccc1OCc1ccccc1. The second-order valence-corrected chi connectivity index (χ2v) is 6.92. The number of nitrogens with one attached hydrogen (secondary N) is 2. The van der Waals surface area contributed by atoms with Gasteiger partial charge in [-0.05, 0) is 42.0 Å². The standard InChI is InChI=1S/C24H24N2O4S/c1-28-15-16-29-21-13-7-5-11-19(21)23(27)26-24(31)25-20-12-6-8-14-22(20)30-17-18-9-3-2-4-10-18/h2-14H,15-17H2,1H3,(H2,25,26,27,31). The molecule has 1 amide bonds. The van der Waals surface area contributed by atoms with Crippen LogP contribution in [0.2, 0.25) is 0 Å². The van der Waals surface area contributed by atoms with Crippen LogP contribution in [0.5, 0.6) is 11.5 Å². The largest absolute Gasteiger partial charge is 0.490 e. The Morgan fingerprint density at radius 1 is 0.839 bits per heavy atom. The molecule has 3 aromatic carbocycles. The first kappa shape index (κ1) is 22.3. The van der Waals surface area contributed by atoms with E-state index in [1.54, 1.807) is 31.4 Å². The predicted octanol–water partition coefficient (Wildman–Crippen LogP) is 4.42. The normalized spacial score (nSPS) is 10.2. The molecule has 0 aromatic heterocycles. The minimum Gasteiger partial charge on any atom is -0.490 e. The Hall–Kier alpha value is -3.42. The van der Waals surface area contributed by atoms with E-state index in [0.717, 1.165) is 5.56 Å². The molecule has 7 heteroatoms. The van der Waals surface area contributed by atoms with Gasteiger partial charge >= 0.3 is 0 Å². The molecule has 0 heterocycles. The smallest absolute Gasteiger partial charge is 0.261 e. The van der Waals surface area contributed by atoms with E-state index in [1.165, 1.54) is 0 Å². The zero-order valence-corrected chi connectivity index (χ0v) is 18.0. The lowest BCUT2D eigenvalue weighted by atomic mass is 10.2. The number of para-hydroxylation sites is 3. The zero-order chi connectivity index (χ0) is 21.9. The van der Waals surface area contributed by atoms with Crippen LogP contribution < -0.4 is 20.1 Å². The Bertz CT molecular complexity index is 1010. The lowest BCUT2D eigenvalue weighted by molar-refractivity contribution is 0.0970. The number of rotatable bonds is 9. The maximum Gasteiger partial charge on any atom is 0.261 e. The fourth-order valence-corrected chi connectivity index (χ4v) is 2.97. The lowest BCUT2D eigenvalue weighted by Crippen LogP contribution is -2.34. The number of hydrogen-bond acceptors (Lipinski definition) is 5. The molecule has 0 atom stereocenters. The van der Waals surface area contributed by atoms with Crippen LogP contribution >= 0.6 is 12.2 Å². The molecule has 0 spiro atoms. The van der Waals surface area contributed by atoms with Crippen molar-refractivity contribution in [1.82, 2.24) is 5.32 Å². The molecule has 0 aliphatic heterocycles. The third kappa shape index (κ3) is 6.80. The van der Waals surface area contributed by atoms with Gasteiger partial charge in [0.1, 0.15) is 24.7 Å². The van der Waals surface area contributed by atoms with Crippen molar-refractivity contribution in [2.45, 2.75) is 6.61 Å². The Labute approximate surface area is 187 Å². The molecule has 0 bridgehead atoms. The van der Waals surface area contributed by atoms with Gasteiger partial charge in [0.05, 0.1) is 17.9 Å². The molecule has 3 rings (SSSR count). The number of methoxy groups -OCH3 is 1. The van der Waals surface area contributed by atoms with E-state index in [9.17, 15) is 4.79 Å². The van der Waals surface area contributed by atoms with Gasteiger partial charge < -0.3 is 19.5 Å². The van der Waals surface area contributed by atoms with E-state index in [-0.39, 0.29) is 11.0 Å². The van der Waals surface area contributed by atoms with Gasteiger partial charge in [0.15, 0.2) is 5.11 Å². The fourth-order valence-electron chi connectivity index (χ4n) is 2.77. The highest BCUT2D eigenvalue weighted by atomic mass is 32.1. The zero-order valence-electron chi connectivity index (χ0n) is 17.2. The summed E-state index contributed by atoms with van der Waals surface area (Å²) in [5, 5.41) is 5.88. The number of benzene rings is 3. The number of amides is 1.